The van der Waals surface area contributed by atoms with Gasteiger partial charge in [-0.25, -0.2) is 9.78 Å². The van der Waals surface area contributed by atoms with Crippen molar-refractivity contribution in [2.24, 2.45) is 0 Å². The first-order valence-corrected chi connectivity index (χ1v) is 11.3. The Morgan fingerprint density at radius 3 is 2.58 bits per heavy atom. The Morgan fingerprint density at radius 1 is 1.00 bits per heavy atom. The number of benzene rings is 1. The fraction of sp³-hybridized carbons (Fsp3) is 0.375. The molecule has 2 aliphatic rings. The van der Waals surface area contributed by atoms with E-state index in [9.17, 15) is 9.59 Å². The highest BCUT2D eigenvalue weighted by atomic mass is 16.2. The number of aromatic nitrogens is 4. The number of likely N-dealkylation sites (tertiary alicyclic amines) is 1. The van der Waals surface area contributed by atoms with Gasteiger partial charge in [0.1, 0.15) is 17.8 Å². The first kappa shape index (κ1) is 21.1. The Labute approximate surface area is 192 Å². The summed E-state index contributed by atoms with van der Waals surface area (Å²) in [5, 5.41) is 11.0. The normalized spacial score (nSPS) is 15.2. The maximum atomic E-state index is 12.9. The van der Waals surface area contributed by atoms with E-state index >= 15 is 0 Å². The average molecular weight is 446 g/mol. The van der Waals surface area contributed by atoms with Crippen LogP contribution in [0.2, 0.25) is 0 Å². The number of amides is 3. The zero-order valence-corrected chi connectivity index (χ0v) is 18.9. The lowest BCUT2D eigenvalue weighted by Crippen LogP contribution is -2.38. The van der Waals surface area contributed by atoms with Crippen molar-refractivity contribution in [2.75, 3.05) is 18.4 Å². The molecule has 0 radical (unpaired) electrons. The van der Waals surface area contributed by atoms with Crippen LogP contribution < -0.4 is 5.32 Å². The summed E-state index contributed by atoms with van der Waals surface area (Å²) in [5.74, 6) is 0.862. The average Bonchev–Trinajstić information content (AvgIpc) is 3.58. The molecule has 170 valence electrons. The third-order valence-corrected chi connectivity index (χ3v) is 6.19. The summed E-state index contributed by atoms with van der Waals surface area (Å²) in [6.07, 6.45) is 3.82. The van der Waals surface area contributed by atoms with Gasteiger partial charge in [-0.05, 0) is 62.1 Å². The van der Waals surface area contributed by atoms with Crippen LogP contribution in [0.3, 0.4) is 0 Å². The standard InChI is InChI=1S/C24H27N7O2/c1-16(2)31-15-25-28-22(31)20-6-5-7-21(26-20)27-23(32)17-8-9-18-13-30(14-19(18)12-17)24(33)29-10-3-4-11-29/h5-9,12,15-16H,3-4,10-11,13-14H2,1-2H3,(H,26,27,32). The van der Waals surface area contributed by atoms with Crippen LogP contribution in [0.5, 0.6) is 0 Å². The molecule has 0 saturated carbocycles. The summed E-state index contributed by atoms with van der Waals surface area (Å²) in [4.78, 5) is 34.0. The minimum atomic E-state index is -0.239. The summed E-state index contributed by atoms with van der Waals surface area (Å²) in [5.41, 5.74) is 3.29. The Balaban J connectivity index is 1.29. The topological polar surface area (TPSA) is 96.2 Å². The quantitative estimate of drug-likeness (QED) is 0.661. The summed E-state index contributed by atoms with van der Waals surface area (Å²) in [7, 11) is 0. The third kappa shape index (κ3) is 4.18. The number of fused-ring (bicyclic) bond motifs is 1. The molecule has 5 rings (SSSR count). The van der Waals surface area contributed by atoms with Crippen molar-refractivity contribution in [3.05, 3.63) is 59.4 Å². The lowest BCUT2D eigenvalue weighted by molar-refractivity contribution is 0.102. The van der Waals surface area contributed by atoms with Crippen LogP contribution in [0.15, 0.2) is 42.7 Å². The molecule has 9 nitrogen and oxygen atoms in total. The number of nitrogens with one attached hydrogen (secondary N) is 1. The SMILES string of the molecule is CC(C)n1cnnc1-c1cccc(NC(=O)c2ccc3c(c2)CN(C(=O)N2CCCC2)C3)n1. The summed E-state index contributed by atoms with van der Waals surface area (Å²) in [6.45, 7) is 6.88. The van der Waals surface area contributed by atoms with Crippen LogP contribution in [0, 0.1) is 0 Å². The minimum absolute atomic E-state index is 0.0879. The zero-order valence-electron chi connectivity index (χ0n) is 18.9. The Kier molecular flexibility index (Phi) is 5.53. The second-order valence-electron chi connectivity index (χ2n) is 8.83. The summed E-state index contributed by atoms with van der Waals surface area (Å²) < 4.78 is 1.93. The van der Waals surface area contributed by atoms with Crippen molar-refractivity contribution in [2.45, 2.75) is 45.8 Å². The zero-order chi connectivity index (χ0) is 22.9. The molecule has 3 aromatic rings. The van der Waals surface area contributed by atoms with Crippen LogP contribution in [-0.4, -0.2) is 54.6 Å². The van der Waals surface area contributed by atoms with E-state index in [2.05, 4.69) is 20.5 Å². The Morgan fingerprint density at radius 2 is 1.79 bits per heavy atom. The van der Waals surface area contributed by atoms with Gasteiger partial charge in [-0.1, -0.05) is 12.1 Å². The van der Waals surface area contributed by atoms with E-state index < -0.39 is 0 Å². The molecule has 0 unspecified atom stereocenters. The van der Waals surface area contributed by atoms with E-state index in [0.717, 1.165) is 37.1 Å². The van der Waals surface area contributed by atoms with E-state index in [-0.39, 0.29) is 18.0 Å². The van der Waals surface area contributed by atoms with Crippen molar-refractivity contribution < 1.29 is 9.59 Å². The number of rotatable bonds is 4. The lowest BCUT2D eigenvalue weighted by atomic mass is 10.1. The van der Waals surface area contributed by atoms with Crippen LogP contribution in [0.25, 0.3) is 11.5 Å². The molecular weight excluding hydrogens is 418 g/mol. The van der Waals surface area contributed by atoms with Crippen LogP contribution in [0.4, 0.5) is 10.6 Å². The number of hydrogen-bond donors (Lipinski definition) is 1. The van der Waals surface area contributed by atoms with Gasteiger partial charge in [0.05, 0.1) is 0 Å². The van der Waals surface area contributed by atoms with Gasteiger partial charge in [-0.2, -0.15) is 0 Å². The predicted molar refractivity (Wildman–Crippen MR) is 123 cm³/mol. The Bertz CT molecular complexity index is 1200. The van der Waals surface area contributed by atoms with Gasteiger partial charge in [0.25, 0.3) is 5.91 Å². The first-order chi connectivity index (χ1) is 16.0. The number of urea groups is 1. The number of anilines is 1. The maximum absolute atomic E-state index is 12.9. The number of hydrogen-bond acceptors (Lipinski definition) is 5. The van der Waals surface area contributed by atoms with Crippen LogP contribution >= 0.6 is 0 Å². The monoisotopic (exact) mass is 445 g/mol. The fourth-order valence-electron chi connectivity index (χ4n) is 4.40. The highest BCUT2D eigenvalue weighted by Gasteiger charge is 2.29. The predicted octanol–water partition coefficient (Wildman–Crippen LogP) is 3.70. The number of nitrogens with zero attached hydrogens (tertiary/aromatic N) is 6. The van der Waals surface area contributed by atoms with Crippen molar-refractivity contribution >= 4 is 17.8 Å². The smallest absolute Gasteiger partial charge is 0.320 e. The van der Waals surface area contributed by atoms with E-state index in [0.29, 0.717) is 36.0 Å². The largest absolute Gasteiger partial charge is 0.325 e. The molecule has 1 aromatic carbocycles. The molecule has 0 atom stereocenters. The summed E-state index contributed by atoms with van der Waals surface area (Å²) >= 11 is 0. The molecule has 0 spiro atoms. The first-order valence-electron chi connectivity index (χ1n) is 11.3. The van der Waals surface area contributed by atoms with Gasteiger partial charge in [0, 0.05) is 37.8 Å². The molecule has 2 aliphatic heterocycles. The molecule has 0 aliphatic carbocycles. The molecule has 1 N–H and O–H groups in total. The number of carbonyl (C=O) groups excluding carboxylic acids is 2. The van der Waals surface area contributed by atoms with Gasteiger partial charge in [0.15, 0.2) is 5.82 Å². The second kappa shape index (κ2) is 8.65. The van der Waals surface area contributed by atoms with Crippen LogP contribution in [0.1, 0.15) is 54.2 Å². The molecule has 1 saturated heterocycles. The summed E-state index contributed by atoms with van der Waals surface area (Å²) in [6, 6.07) is 11.3. The van der Waals surface area contributed by atoms with Crippen LogP contribution in [-0.2, 0) is 13.1 Å². The van der Waals surface area contributed by atoms with Gasteiger partial charge < -0.3 is 19.7 Å². The maximum Gasteiger partial charge on any atom is 0.320 e. The lowest BCUT2D eigenvalue weighted by Gasteiger charge is -2.23. The van der Waals surface area contributed by atoms with E-state index in [1.165, 1.54) is 0 Å². The number of carbonyl (C=O) groups is 2. The van der Waals surface area contributed by atoms with E-state index in [1.54, 1.807) is 18.5 Å². The van der Waals surface area contributed by atoms with Crippen molar-refractivity contribution in [1.29, 1.82) is 0 Å². The fourth-order valence-corrected chi connectivity index (χ4v) is 4.40. The van der Waals surface area contributed by atoms with Gasteiger partial charge in [0.2, 0.25) is 0 Å². The van der Waals surface area contributed by atoms with Crippen molar-refractivity contribution in [3.8, 4) is 11.5 Å². The minimum Gasteiger partial charge on any atom is -0.325 e. The highest BCUT2D eigenvalue weighted by molar-refractivity contribution is 6.04. The van der Waals surface area contributed by atoms with Gasteiger partial charge in [-0.15, -0.1) is 10.2 Å². The van der Waals surface area contributed by atoms with E-state index in [4.69, 9.17) is 0 Å². The molecule has 2 aromatic heterocycles. The van der Waals surface area contributed by atoms with Gasteiger partial charge in [-0.3, -0.25) is 4.79 Å². The molecule has 4 heterocycles. The van der Waals surface area contributed by atoms with E-state index in [1.807, 2.05) is 52.5 Å². The van der Waals surface area contributed by atoms with Crippen molar-refractivity contribution in [1.82, 2.24) is 29.5 Å². The molecule has 1 fully saturated rings. The molecule has 9 heteroatoms. The van der Waals surface area contributed by atoms with Gasteiger partial charge >= 0.3 is 6.03 Å². The third-order valence-electron chi connectivity index (χ3n) is 6.19. The molecule has 0 bridgehead atoms. The number of pyridine rings is 1. The van der Waals surface area contributed by atoms with Crippen molar-refractivity contribution in [3.63, 3.8) is 0 Å². The second-order valence-corrected chi connectivity index (χ2v) is 8.83. The molecular formula is C24H27N7O2. The Hall–Kier alpha value is -3.75. The molecule has 3 amide bonds. The highest BCUT2D eigenvalue weighted by Crippen LogP contribution is 2.26. The molecule has 33 heavy (non-hydrogen) atoms.